The van der Waals surface area contributed by atoms with Gasteiger partial charge in [-0.05, 0) is 111 Å². The molecule has 13 rings (SSSR count). The number of carbonyl (C=O) groups is 8. The lowest BCUT2D eigenvalue weighted by Crippen LogP contribution is -2.58. The molecule has 6 amide bonds. The third-order valence-corrected chi connectivity index (χ3v) is 19.0. The number of carbonyl (C=O) groups excluding carboxylic acids is 8. The first-order valence-electron chi connectivity index (χ1n) is 34.3. The Labute approximate surface area is 595 Å². The van der Waals surface area contributed by atoms with Gasteiger partial charge in [0.1, 0.15) is 94.6 Å². The molecule has 0 N–H and O–H groups in total. The first kappa shape index (κ1) is 71.2. The maximum Gasteiger partial charge on any atom is 0.333 e. The molecule has 4 aliphatic rings. The predicted molar refractivity (Wildman–Crippen MR) is 379 cm³/mol. The number of nitrogens with zero attached hydrogens (tertiary/aromatic N) is 6. The van der Waals surface area contributed by atoms with E-state index in [1.54, 1.807) is 23.6 Å². The second kappa shape index (κ2) is 29.2. The van der Waals surface area contributed by atoms with E-state index in [9.17, 15) is 9.59 Å². The second-order valence-electron chi connectivity index (χ2n) is 27.3. The average molecular weight is 1420 g/mol. The fraction of sp³-hybridized carbons (Fsp3) is 0.300. The third kappa shape index (κ3) is 14.0. The van der Waals surface area contributed by atoms with Crippen LogP contribution in [-0.4, -0.2) is 168 Å². The SMILES string of the molecule is C=C(C)C(=O)OCCN1CCN(C(=O)C(CC(C)C)N2C(=O)c3cc(Oc4cccc(F)c4)c4c5c(Oc6cccc(F)c6)cc6c7c(cc(Oc8cccc(F)c8)c(c8c(Oc9cccc(F)c9)cc(c3c48)C2=O)c75)C(=O)N(C(CC(C)C)C(=O)N2CCN(CCOC(=O)C(=C)C)CC2)C6=O)CC1. The summed E-state index contributed by atoms with van der Waals surface area (Å²) in [6.45, 7) is 20.7. The zero-order chi connectivity index (χ0) is 73.7. The van der Waals surface area contributed by atoms with Gasteiger partial charge in [0, 0.05) is 144 Å². The van der Waals surface area contributed by atoms with Crippen LogP contribution in [0, 0.1) is 35.1 Å². The van der Waals surface area contributed by atoms with E-state index >= 15 is 46.3 Å². The van der Waals surface area contributed by atoms with E-state index in [0.717, 1.165) is 34.1 Å². The van der Waals surface area contributed by atoms with Crippen LogP contribution in [0.2, 0.25) is 0 Å². The third-order valence-electron chi connectivity index (χ3n) is 19.0. The number of hydrogen-bond donors (Lipinski definition) is 0. The number of piperazine rings is 2. The molecule has 24 heteroatoms. The van der Waals surface area contributed by atoms with Gasteiger partial charge in [-0.25, -0.2) is 27.2 Å². The zero-order valence-electron chi connectivity index (χ0n) is 58.1. The summed E-state index contributed by atoms with van der Waals surface area (Å²) in [5.41, 5.74) is -0.339. The van der Waals surface area contributed by atoms with Gasteiger partial charge in [0.2, 0.25) is 11.8 Å². The van der Waals surface area contributed by atoms with Gasteiger partial charge in [-0.1, -0.05) is 65.1 Å². The molecule has 2 saturated heterocycles. The fourth-order valence-corrected chi connectivity index (χ4v) is 14.2. The quantitative estimate of drug-likeness (QED) is 0.0137. The molecule has 9 aromatic rings. The molecule has 0 saturated carbocycles. The van der Waals surface area contributed by atoms with E-state index in [-0.39, 0.29) is 187 Å². The Balaban J connectivity index is 1.07. The molecular formula is C80H74F4N6O14. The van der Waals surface area contributed by atoms with Crippen molar-refractivity contribution in [3.63, 3.8) is 0 Å². The van der Waals surface area contributed by atoms with E-state index in [4.69, 9.17) is 28.4 Å². The number of fused-ring (bicyclic) bond motifs is 2. The molecule has 20 nitrogen and oxygen atoms in total. The summed E-state index contributed by atoms with van der Waals surface area (Å²) in [7, 11) is 0. The molecule has 2 fully saturated rings. The van der Waals surface area contributed by atoms with Gasteiger partial charge in [-0.15, -0.1) is 0 Å². The van der Waals surface area contributed by atoms with Gasteiger partial charge >= 0.3 is 11.9 Å². The van der Waals surface area contributed by atoms with E-state index in [2.05, 4.69) is 13.2 Å². The van der Waals surface area contributed by atoms with Crippen molar-refractivity contribution in [2.45, 2.75) is 66.5 Å². The Bertz CT molecular complexity index is 4510. The lowest BCUT2D eigenvalue weighted by atomic mass is 9.80. The van der Waals surface area contributed by atoms with Gasteiger partial charge < -0.3 is 38.2 Å². The number of hydrogen-bond acceptors (Lipinski definition) is 16. The smallest absolute Gasteiger partial charge is 0.333 e. The first-order chi connectivity index (χ1) is 49.8. The van der Waals surface area contributed by atoms with Crippen LogP contribution in [0.1, 0.15) is 95.8 Å². The minimum absolute atomic E-state index is 0.0149. The van der Waals surface area contributed by atoms with Crippen LogP contribution in [0.15, 0.2) is 146 Å². The number of amides is 6. The van der Waals surface area contributed by atoms with Gasteiger partial charge in [0.05, 0.1) is 22.3 Å². The first-order valence-corrected chi connectivity index (χ1v) is 34.3. The van der Waals surface area contributed by atoms with E-state index in [1.165, 1.54) is 97.1 Å². The van der Waals surface area contributed by atoms with Crippen LogP contribution in [0.3, 0.4) is 0 Å². The van der Waals surface area contributed by atoms with Gasteiger partial charge in [-0.3, -0.25) is 48.4 Å². The van der Waals surface area contributed by atoms with Crippen molar-refractivity contribution in [2.24, 2.45) is 11.8 Å². The van der Waals surface area contributed by atoms with Crippen molar-refractivity contribution in [3.05, 3.63) is 191 Å². The second-order valence-corrected chi connectivity index (χ2v) is 27.3. The van der Waals surface area contributed by atoms with Crippen molar-refractivity contribution < 1.29 is 84.3 Å². The number of imide groups is 2. The van der Waals surface area contributed by atoms with E-state index < -0.39 is 82.7 Å². The van der Waals surface area contributed by atoms with Crippen molar-refractivity contribution in [2.75, 3.05) is 78.7 Å². The highest BCUT2D eigenvalue weighted by Crippen LogP contribution is 2.58. The van der Waals surface area contributed by atoms with E-state index in [0.29, 0.717) is 39.3 Å². The van der Waals surface area contributed by atoms with Crippen molar-refractivity contribution in [1.29, 1.82) is 0 Å². The zero-order valence-corrected chi connectivity index (χ0v) is 58.1. The summed E-state index contributed by atoms with van der Waals surface area (Å²) in [5.74, 6) is -10.9. The van der Waals surface area contributed by atoms with Crippen LogP contribution in [0.5, 0.6) is 46.0 Å². The molecule has 9 aromatic carbocycles. The summed E-state index contributed by atoms with van der Waals surface area (Å²) in [6, 6.07) is 22.8. The number of halogens is 4. The Morgan fingerprint density at radius 3 is 0.904 bits per heavy atom. The molecule has 2 unspecified atom stereocenters. The molecule has 0 radical (unpaired) electrons. The van der Waals surface area contributed by atoms with Crippen LogP contribution < -0.4 is 18.9 Å². The van der Waals surface area contributed by atoms with Gasteiger partial charge in [0.25, 0.3) is 23.6 Å². The Kier molecular flexibility index (Phi) is 20.0. The van der Waals surface area contributed by atoms with Crippen molar-refractivity contribution in [1.82, 2.24) is 29.4 Å². The van der Waals surface area contributed by atoms with Crippen LogP contribution in [-0.2, 0) is 28.7 Å². The summed E-state index contributed by atoms with van der Waals surface area (Å²) < 4.78 is 101. The summed E-state index contributed by atoms with van der Waals surface area (Å²) in [5, 5.41) is -0.288. The molecule has 4 aliphatic heterocycles. The topological polar surface area (TPSA) is 211 Å². The fourth-order valence-electron chi connectivity index (χ4n) is 14.2. The molecule has 2 atom stereocenters. The molecule has 0 aromatic heterocycles. The monoisotopic (exact) mass is 1420 g/mol. The van der Waals surface area contributed by atoms with E-state index in [1.807, 2.05) is 37.5 Å². The summed E-state index contributed by atoms with van der Waals surface area (Å²) in [6.07, 6.45) is -0.0299. The van der Waals surface area contributed by atoms with Crippen molar-refractivity contribution in [3.8, 4) is 46.0 Å². The minimum atomic E-state index is -1.44. The molecule has 0 spiro atoms. The molecular weight excluding hydrogens is 1340 g/mol. The maximum atomic E-state index is 16.3. The van der Waals surface area contributed by atoms with Crippen LogP contribution in [0.25, 0.3) is 43.1 Å². The lowest BCUT2D eigenvalue weighted by molar-refractivity contribution is -0.141. The number of rotatable bonds is 24. The van der Waals surface area contributed by atoms with Crippen LogP contribution >= 0.6 is 0 Å². The standard InChI is InChI=1S/C80H74F4N6O14/c1-43(2)33-59(77(95)87-25-21-85(22-26-87)29-31-99-79(97)45(5)6)89-73(91)55-39-61(101-51-17-9-13-47(81)35-51)67-69-63(103-53-19-11-15-49(83)37-53)41-57-66-58(76(94)90(75(57)93)60(34-44(3)4)78(96)88-27-23-86(24-28-88)30-32-100-80(98)46(7)8)42-64(104-54-20-12-16-50(84)38-54)70(72(66)69)68-62(102-52-18-10-14-48(82)36-52)40-56(74(89)92)65(55)71(67)68/h9-20,35-44,59-60H,5,7,21-34H2,1-4,6,8H3. The van der Waals surface area contributed by atoms with Crippen molar-refractivity contribution >= 4 is 90.5 Å². The summed E-state index contributed by atoms with van der Waals surface area (Å²) in [4.78, 5) is 129. The Morgan fingerprint density at radius 2 is 0.663 bits per heavy atom. The lowest BCUT2D eigenvalue weighted by Gasteiger charge is -2.40. The number of benzene rings is 9. The van der Waals surface area contributed by atoms with Gasteiger partial charge in [0.15, 0.2) is 0 Å². The average Bonchev–Trinajstić information content (AvgIpc) is 0.671. The molecule has 0 aliphatic carbocycles. The normalized spacial score (nSPS) is 15.6. The molecule has 536 valence electrons. The molecule has 0 bridgehead atoms. The highest BCUT2D eigenvalue weighted by molar-refractivity contribution is 6.45. The predicted octanol–water partition coefficient (Wildman–Crippen LogP) is 14.0. The number of esters is 2. The Morgan fingerprint density at radius 1 is 0.394 bits per heavy atom. The van der Waals surface area contributed by atoms with Gasteiger partial charge in [-0.2, -0.15) is 0 Å². The maximum absolute atomic E-state index is 16.3. The molecule has 4 heterocycles. The largest absolute Gasteiger partial charge is 0.461 e. The highest BCUT2D eigenvalue weighted by Gasteiger charge is 2.48. The highest BCUT2D eigenvalue weighted by atomic mass is 19.1. The minimum Gasteiger partial charge on any atom is -0.461 e. The molecule has 104 heavy (non-hydrogen) atoms. The number of ether oxygens (including phenoxy) is 6. The summed E-state index contributed by atoms with van der Waals surface area (Å²) >= 11 is 0. The van der Waals surface area contributed by atoms with Crippen LogP contribution in [0.4, 0.5) is 17.6 Å². The Hall–Kier alpha value is -11.2.